The van der Waals surface area contributed by atoms with Crippen molar-refractivity contribution in [2.75, 3.05) is 31.1 Å². The molecule has 0 spiro atoms. The Hall–Kier alpha value is -3.98. The Labute approximate surface area is 232 Å². The number of piperazine rings is 1. The molecule has 190 valence electrons. The van der Waals surface area contributed by atoms with Gasteiger partial charge >= 0.3 is 0 Å². The fraction of sp³-hybridized carbons (Fsp3) is 0.161. The lowest BCUT2D eigenvalue weighted by Gasteiger charge is -2.36. The Balaban J connectivity index is 1.26. The fourth-order valence-electron chi connectivity index (χ4n) is 4.57. The maximum Gasteiger partial charge on any atom is 0.264 e. The zero-order valence-electron chi connectivity index (χ0n) is 20.6. The van der Waals surface area contributed by atoms with Gasteiger partial charge in [-0.05, 0) is 58.3 Å². The summed E-state index contributed by atoms with van der Waals surface area (Å²) in [6.07, 6.45) is 1.52. The van der Waals surface area contributed by atoms with Crippen LogP contribution >= 0.6 is 23.2 Å². The predicted octanol–water partition coefficient (Wildman–Crippen LogP) is 6.98. The molecular weight excluding hydrogens is 517 g/mol. The number of nitrogens with zero attached hydrogens (tertiary/aromatic N) is 3. The summed E-state index contributed by atoms with van der Waals surface area (Å²) in [4.78, 5) is 17.0. The molecule has 1 aliphatic rings. The number of amides is 1. The van der Waals surface area contributed by atoms with Crippen molar-refractivity contribution in [2.24, 2.45) is 0 Å². The molecule has 0 N–H and O–H groups in total. The molecule has 1 heterocycles. The van der Waals surface area contributed by atoms with Crippen molar-refractivity contribution < 1.29 is 9.53 Å². The summed E-state index contributed by atoms with van der Waals surface area (Å²) in [5.41, 5.74) is 2.72. The number of fused-ring (bicyclic) bond motifs is 1. The summed E-state index contributed by atoms with van der Waals surface area (Å²) in [6, 6.07) is 29.7. The predicted molar refractivity (Wildman–Crippen MR) is 154 cm³/mol. The summed E-state index contributed by atoms with van der Waals surface area (Å²) in [5, 5.41) is 12.6. The zero-order valence-corrected chi connectivity index (χ0v) is 22.1. The lowest BCUT2D eigenvalue weighted by molar-refractivity contribution is -0.126. The van der Waals surface area contributed by atoms with E-state index in [2.05, 4.69) is 35.2 Å². The van der Waals surface area contributed by atoms with Gasteiger partial charge in [0.1, 0.15) is 18.2 Å². The summed E-state index contributed by atoms with van der Waals surface area (Å²) in [7, 11) is 0. The van der Waals surface area contributed by atoms with Crippen molar-refractivity contribution in [1.82, 2.24) is 4.90 Å². The van der Waals surface area contributed by atoms with E-state index in [0.29, 0.717) is 54.1 Å². The van der Waals surface area contributed by atoms with Crippen LogP contribution in [0, 0.1) is 11.3 Å². The van der Waals surface area contributed by atoms with Crippen LogP contribution in [0.2, 0.25) is 10.0 Å². The first-order chi connectivity index (χ1) is 18.5. The van der Waals surface area contributed by atoms with Crippen molar-refractivity contribution in [3.63, 3.8) is 0 Å². The summed E-state index contributed by atoms with van der Waals surface area (Å²) < 4.78 is 5.95. The maximum absolute atomic E-state index is 13.1. The summed E-state index contributed by atoms with van der Waals surface area (Å²) in [6.45, 7) is 2.78. The highest BCUT2D eigenvalue weighted by atomic mass is 35.5. The number of hydrogen-bond donors (Lipinski definition) is 0. The molecule has 4 aromatic rings. The molecule has 1 fully saturated rings. The Morgan fingerprint density at radius 2 is 1.53 bits per heavy atom. The van der Waals surface area contributed by atoms with Crippen molar-refractivity contribution in [2.45, 2.75) is 6.61 Å². The van der Waals surface area contributed by atoms with Gasteiger partial charge in [0, 0.05) is 31.9 Å². The number of ether oxygens (including phenoxy) is 1. The molecule has 38 heavy (non-hydrogen) atoms. The van der Waals surface area contributed by atoms with Gasteiger partial charge in [-0.25, -0.2) is 0 Å². The average molecular weight is 542 g/mol. The Morgan fingerprint density at radius 1 is 0.868 bits per heavy atom. The molecule has 1 saturated heterocycles. The molecule has 0 aliphatic carbocycles. The molecule has 5 rings (SSSR count). The fourth-order valence-corrected chi connectivity index (χ4v) is 5.18. The average Bonchev–Trinajstić information content (AvgIpc) is 2.95. The number of anilines is 1. The van der Waals surface area contributed by atoms with Crippen molar-refractivity contribution in [3.05, 3.63) is 112 Å². The van der Waals surface area contributed by atoms with E-state index in [4.69, 9.17) is 27.9 Å². The van der Waals surface area contributed by atoms with Gasteiger partial charge < -0.3 is 14.5 Å². The number of nitriles is 1. The van der Waals surface area contributed by atoms with Crippen molar-refractivity contribution in [3.8, 4) is 11.8 Å². The highest BCUT2D eigenvalue weighted by Crippen LogP contribution is 2.35. The Kier molecular flexibility index (Phi) is 7.83. The van der Waals surface area contributed by atoms with Crippen LogP contribution in [-0.4, -0.2) is 37.0 Å². The minimum absolute atomic E-state index is 0.0372. The van der Waals surface area contributed by atoms with E-state index in [9.17, 15) is 10.1 Å². The molecule has 0 aromatic heterocycles. The monoisotopic (exact) mass is 541 g/mol. The van der Waals surface area contributed by atoms with Crippen LogP contribution < -0.4 is 9.64 Å². The van der Waals surface area contributed by atoms with Gasteiger partial charge in [0.05, 0.1) is 10.0 Å². The van der Waals surface area contributed by atoms with Gasteiger partial charge in [-0.3, -0.25) is 4.79 Å². The molecule has 0 saturated carbocycles. The molecule has 5 nitrogen and oxygen atoms in total. The third kappa shape index (κ3) is 5.78. The number of para-hydroxylation sites is 1. The third-order valence-corrected chi connectivity index (χ3v) is 7.13. The normalized spacial score (nSPS) is 13.9. The topological polar surface area (TPSA) is 56.6 Å². The second-order valence-corrected chi connectivity index (χ2v) is 9.88. The van der Waals surface area contributed by atoms with Gasteiger partial charge in [0.25, 0.3) is 5.91 Å². The van der Waals surface area contributed by atoms with E-state index < -0.39 is 0 Å². The van der Waals surface area contributed by atoms with Crippen LogP contribution in [0.25, 0.3) is 16.8 Å². The summed E-state index contributed by atoms with van der Waals surface area (Å²) in [5.74, 6) is 0.0598. The number of carbonyl (C=O) groups is 1. The lowest BCUT2D eigenvalue weighted by atomic mass is 10.1. The van der Waals surface area contributed by atoms with Crippen LogP contribution in [0.5, 0.6) is 5.75 Å². The molecule has 4 aromatic carbocycles. The minimum atomic E-state index is -0.302. The molecule has 0 unspecified atom stereocenters. The van der Waals surface area contributed by atoms with E-state index in [1.54, 1.807) is 17.0 Å². The van der Waals surface area contributed by atoms with Gasteiger partial charge in [-0.15, -0.1) is 0 Å². The second-order valence-electron chi connectivity index (χ2n) is 9.07. The van der Waals surface area contributed by atoms with Gasteiger partial charge in [-0.2, -0.15) is 5.26 Å². The maximum atomic E-state index is 13.1. The third-order valence-electron chi connectivity index (χ3n) is 6.57. The molecule has 0 atom stereocenters. The molecule has 0 radical (unpaired) electrons. The van der Waals surface area contributed by atoms with Gasteiger partial charge in [0.2, 0.25) is 0 Å². The number of benzene rings is 4. The van der Waals surface area contributed by atoms with E-state index in [0.717, 1.165) is 22.0 Å². The van der Waals surface area contributed by atoms with Crippen LogP contribution in [0.1, 0.15) is 11.1 Å². The largest absolute Gasteiger partial charge is 0.486 e. The summed E-state index contributed by atoms with van der Waals surface area (Å²) >= 11 is 13.0. The molecule has 1 amide bonds. The first-order valence-electron chi connectivity index (χ1n) is 12.3. The van der Waals surface area contributed by atoms with Crippen LogP contribution in [0.15, 0.2) is 90.5 Å². The molecular formula is C31H25Cl2N3O2. The second kappa shape index (κ2) is 11.6. The number of rotatable bonds is 6. The highest BCUT2D eigenvalue weighted by Gasteiger charge is 2.24. The molecule has 1 aliphatic heterocycles. The van der Waals surface area contributed by atoms with Gasteiger partial charge in [0.15, 0.2) is 5.75 Å². The smallest absolute Gasteiger partial charge is 0.264 e. The van der Waals surface area contributed by atoms with Crippen LogP contribution in [0.4, 0.5) is 5.69 Å². The molecule has 0 bridgehead atoms. The number of halogens is 2. The first-order valence-corrected chi connectivity index (χ1v) is 13.1. The Morgan fingerprint density at radius 3 is 2.21 bits per heavy atom. The lowest BCUT2D eigenvalue weighted by Crippen LogP contribution is -2.49. The van der Waals surface area contributed by atoms with Crippen molar-refractivity contribution in [1.29, 1.82) is 5.26 Å². The zero-order chi connectivity index (χ0) is 26.5. The van der Waals surface area contributed by atoms with E-state index in [-0.39, 0.29) is 11.5 Å². The van der Waals surface area contributed by atoms with Gasteiger partial charge in [-0.1, -0.05) is 77.8 Å². The number of hydrogen-bond acceptors (Lipinski definition) is 4. The Bertz CT molecular complexity index is 1520. The van der Waals surface area contributed by atoms with Crippen LogP contribution in [0.3, 0.4) is 0 Å². The van der Waals surface area contributed by atoms with E-state index in [1.165, 1.54) is 6.08 Å². The minimum Gasteiger partial charge on any atom is -0.486 e. The quantitative estimate of drug-likeness (QED) is 0.195. The molecule has 7 heteroatoms. The first kappa shape index (κ1) is 25.7. The van der Waals surface area contributed by atoms with E-state index >= 15 is 0 Å². The van der Waals surface area contributed by atoms with Crippen LogP contribution in [-0.2, 0) is 11.4 Å². The van der Waals surface area contributed by atoms with E-state index in [1.807, 2.05) is 48.5 Å². The SMILES string of the molecule is N#C/C(=C/c1cc(Cl)c(OCc2ccc3ccccc3c2)c(Cl)c1)C(=O)N1CCN(c2ccccc2)CC1. The van der Waals surface area contributed by atoms with Crippen molar-refractivity contribution >= 4 is 51.6 Å². The standard InChI is InChI=1S/C31H25Cl2N3O2/c32-28-18-23(19-29(33)30(28)38-21-22-10-11-24-6-4-5-7-25(24)16-22)17-26(20-34)31(37)36-14-12-35(13-15-36)27-8-2-1-3-9-27/h1-11,16-19H,12-15,21H2/b26-17-. The number of carbonyl (C=O) groups excluding carboxylic acids is 1. The highest BCUT2D eigenvalue weighted by molar-refractivity contribution is 6.37.